The second-order valence-electron chi connectivity index (χ2n) is 6.20. The van der Waals surface area contributed by atoms with Crippen LogP contribution in [0.3, 0.4) is 0 Å². The van der Waals surface area contributed by atoms with Gasteiger partial charge < -0.3 is 15.2 Å². The molecule has 0 saturated heterocycles. The number of aliphatic hydroxyl groups is 1. The Hall–Kier alpha value is -2.01. The van der Waals surface area contributed by atoms with Crippen molar-refractivity contribution in [2.24, 2.45) is 0 Å². The van der Waals surface area contributed by atoms with E-state index in [1.54, 1.807) is 0 Å². The van der Waals surface area contributed by atoms with Gasteiger partial charge in [0.2, 0.25) is 0 Å². The van der Waals surface area contributed by atoms with Crippen LogP contribution in [0.2, 0.25) is 0 Å². The molecule has 2 aromatic rings. The number of benzene rings is 1. The average Bonchev–Trinajstić information content (AvgIpc) is 2.98. The fraction of sp³-hybridized carbons (Fsp3) is 0.353. The fourth-order valence-corrected chi connectivity index (χ4v) is 3.57. The SMILES string of the molecule is OCC1(Nc2ncc(C(F)(F)F)cc2OC(F)F)CCc2c1ccc(Br)c2F. The number of nitrogens with one attached hydrogen (secondary N) is 1. The van der Waals surface area contributed by atoms with Crippen LogP contribution in [-0.4, -0.2) is 23.3 Å². The molecule has 11 heteroatoms. The van der Waals surface area contributed by atoms with Crippen molar-refractivity contribution in [2.45, 2.75) is 31.2 Å². The molecule has 1 aromatic carbocycles. The number of hydrogen-bond donors (Lipinski definition) is 2. The summed E-state index contributed by atoms with van der Waals surface area (Å²) in [5.41, 5.74) is -1.92. The first-order valence-electron chi connectivity index (χ1n) is 7.96. The van der Waals surface area contributed by atoms with Gasteiger partial charge in [0.25, 0.3) is 0 Å². The van der Waals surface area contributed by atoms with Crippen LogP contribution in [0.4, 0.5) is 32.2 Å². The number of halogens is 7. The monoisotopic (exact) mass is 470 g/mol. The van der Waals surface area contributed by atoms with E-state index in [1.165, 1.54) is 12.1 Å². The Kier molecular flexibility index (Phi) is 5.50. The molecule has 2 N–H and O–H groups in total. The summed E-state index contributed by atoms with van der Waals surface area (Å²) in [5, 5.41) is 12.6. The van der Waals surface area contributed by atoms with Crippen molar-refractivity contribution in [3.63, 3.8) is 0 Å². The van der Waals surface area contributed by atoms with Crippen LogP contribution in [0, 0.1) is 5.82 Å². The largest absolute Gasteiger partial charge is 0.431 e. The molecule has 0 aliphatic heterocycles. The molecular weight excluding hydrogens is 458 g/mol. The van der Waals surface area contributed by atoms with Gasteiger partial charge in [0, 0.05) is 6.20 Å². The highest BCUT2D eigenvalue weighted by atomic mass is 79.9. The van der Waals surface area contributed by atoms with E-state index in [2.05, 4.69) is 31.0 Å². The number of fused-ring (bicyclic) bond motifs is 1. The van der Waals surface area contributed by atoms with Crippen LogP contribution < -0.4 is 10.1 Å². The highest BCUT2D eigenvalue weighted by Crippen LogP contribution is 2.44. The number of rotatable bonds is 5. The van der Waals surface area contributed by atoms with Gasteiger partial charge in [-0.2, -0.15) is 22.0 Å². The summed E-state index contributed by atoms with van der Waals surface area (Å²) in [7, 11) is 0. The molecule has 0 amide bonds. The molecule has 1 aromatic heterocycles. The minimum Gasteiger partial charge on any atom is -0.431 e. The van der Waals surface area contributed by atoms with E-state index in [1.807, 2.05) is 0 Å². The normalized spacial score (nSPS) is 19.0. The van der Waals surface area contributed by atoms with Crippen molar-refractivity contribution in [3.05, 3.63) is 51.4 Å². The summed E-state index contributed by atoms with van der Waals surface area (Å²) >= 11 is 3.06. The van der Waals surface area contributed by atoms with Crippen LogP contribution in [0.15, 0.2) is 28.9 Å². The number of nitrogens with zero attached hydrogens (tertiary/aromatic N) is 1. The third-order valence-corrected chi connectivity index (χ3v) is 5.15. The van der Waals surface area contributed by atoms with E-state index in [-0.39, 0.29) is 17.3 Å². The topological polar surface area (TPSA) is 54.4 Å². The smallest absolute Gasteiger partial charge is 0.418 e. The summed E-state index contributed by atoms with van der Waals surface area (Å²) in [6, 6.07) is 3.35. The zero-order valence-corrected chi connectivity index (χ0v) is 15.5. The molecule has 1 heterocycles. The zero-order valence-electron chi connectivity index (χ0n) is 14.0. The van der Waals surface area contributed by atoms with Crippen LogP contribution in [0.1, 0.15) is 23.1 Å². The molecule has 0 spiro atoms. The molecule has 1 unspecified atom stereocenters. The number of aromatic nitrogens is 1. The second kappa shape index (κ2) is 7.43. The Morgan fingerprint density at radius 2 is 2.04 bits per heavy atom. The Bertz CT molecular complexity index is 893. The minimum absolute atomic E-state index is 0.170. The molecule has 1 aliphatic carbocycles. The molecule has 0 bridgehead atoms. The number of hydrogen-bond acceptors (Lipinski definition) is 4. The standard InChI is InChI=1S/C17H13BrF6N2O2/c18-11-2-1-10-9(13(11)19)3-4-16(10,7-27)26-14-12(28-15(20)21)5-8(6-25-14)17(22,23)24/h1-2,5-6,15,27H,3-4,7H2,(H,25,26). The maximum Gasteiger partial charge on any atom is 0.418 e. The van der Waals surface area contributed by atoms with E-state index >= 15 is 0 Å². The van der Waals surface area contributed by atoms with E-state index in [0.29, 0.717) is 23.4 Å². The highest BCUT2D eigenvalue weighted by molar-refractivity contribution is 9.10. The molecule has 4 nitrogen and oxygen atoms in total. The van der Waals surface area contributed by atoms with Crippen LogP contribution in [0.5, 0.6) is 5.75 Å². The maximum atomic E-state index is 14.3. The Morgan fingerprint density at radius 1 is 1.32 bits per heavy atom. The van der Waals surface area contributed by atoms with Crippen molar-refractivity contribution in [2.75, 3.05) is 11.9 Å². The van der Waals surface area contributed by atoms with Gasteiger partial charge >= 0.3 is 12.8 Å². The molecule has 0 saturated carbocycles. The van der Waals surface area contributed by atoms with E-state index in [0.717, 1.165) is 0 Å². The first kappa shape index (κ1) is 20.7. The van der Waals surface area contributed by atoms with Gasteiger partial charge in [-0.25, -0.2) is 9.37 Å². The molecule has 28 heavy (non-hydrogen) atoms. The zero-order chi connectivity index (χ0) is 20.7. The van der Waals surface area contributed by atoms with E-state index in [4.69, 9.17) is 0 Å². The number of aliphatic hydroxyl groups excluding tert-OH is 1. The number of alkyl halides is 5. The lowest BCUT2D eigenvalue weighted by Crippen LogP contribution is -2.37. The highest BCUT2D eigenvalue weighted by Gasteiger charge is 2.41. The number of ether oxygens (including phenoxy) is 1. The third kappa shape index (κ3) is 3.77. The molecule has 1 aliphatic rings. The van der Waals surface area contributed by atoms with Crippen molar-refractivity contribution in [3.8, 4) is 5.75 Å². The summed E-state index contributed by atoms with van der Waals surface area (Å²) in [6.07, 6.45) is -3.96. The number of anilines is 1. The maximum absolute atomic E-state index is 14.3. The predicted octanol–water partition coefficient (Wildman–Crippen LogP) is 4.85. The second-order valence-corrected chi connectivity index (χ2v) is 7.05. The lowest BCUT2D eigenvalue weighted by Gasteiger charge is -2.31. The fourth-order valence-electron chi connectivity index (χ4n) is 3.20. The first-order valence-corrected chi connectivity index (χ1v) is 8.75. The van der Waals surface area contributed by atoms with Gasteiger partial charge in [0.15, 0.2) is 11.6 Å². The van der Waals surface area contributed by atoms with Crippen LogP contribution in [0.25, 0.3) is 0 Å². The van der Waals surface area contributed by atoms with Gasteiger partial charge in [0.05, 0.1) is 22.2 Å². The summed E-state index contributed by atoms with van der Waals surface area (Å²) in [5.74, 6) is -1.78. The molecule has 0 radical (unpaired) electrons. The average molecular weight is 471 g/mol. The summed E-state index contributed by atoms with van der Waals surface area (Å²) < 4.78 is 82.7. The van der Waals surface area contributed by atoms with E-state index < -0.39 is 47.9 Å². The Morgan fingerprint density at radius 3 is 2.64 bits per heavy atom. The summed E-state index contributed by atoms with van der Waals surface area (Å²) in [6.45, 7) is -3.96. The number of pyridine rings is 1. The Labute approximate surface area is 163 Å². The van der Waals surface area contributed by atoms with Gasteiger partial charge in [-0.1, -0.05) is 6.07 Å². The van der Waals surface area contributed by atoms with Gasteiger partial charge in [0.1, 0.15) is 5.82 Å². The van der Waals surface area contributed by atoms with Gasteiger partial charge in [-0.05, 0) is 52.0 Å². The van der Waals surface area contributed by atoms with E-state index in [9.17, 15) is 31.4 Å². The van der Waals surface area contributed by atoms with Crippen LogP contribution >= 0.6 is 15.9 Å². The van der Waals surface area contributed by atoms with Crippen molar-refractivity contribution < 1.29 is 36.2 Å². The van der Waals surface area contributed by atoms with Gasteiger partial charge in [-0.3, -0.25) is 0 Å². The van der Waals surface area contributed by atoms with Crippen LogP contribution in [-0.2, 0) is 18.1 Å². The molecule has 3 rings (SSSR count). The van der Waals surface area contributed by atoms with Crippen molar-refractivity contribution in [1.82, 2.24) is 4.98 Å². The third-order valence-electron chi connectivity index (χ3n) is 4.54. The Balaban J connectivity index is 2.04. The lowest BCUT2D eigenvalue weighted by atomic mass is 9.92. The molecule has 1 atom stereocenters. The minimum atomic E-state index is -4.81. The molecular formula is C17H13BrF6N2O2. The lowest BCUT2D eigenvalue weighted by molar-refractivity contribution is -0.138. The van der Waals surface area contributed by atoms with Gasteiger partial charge in [-0.15, -0.1) is 0 Å². The molecule has 152 valence electrons. The molecule has 0 fully saturated rings. The van der Waals surface area contributed by atoms with Crippen molar-refractivity contribution >= 4 is 21.7 Å². The van der Waals surface area contributed by atoms with Crippen molar-refractivity contribution in [1.29, 1.82) is 0 Å². The quantitative estimate of drug-likeness (QED) is 0.613. The summed E-state index contributed by atoms with van der Waals surface area (Å²) in [4.78, 5) is 3.56. The first-order chi connectivity index (χ1) is 13.1. The predicted molar refractivity (Wildman–Crippen MR) is 90.7 cm³/mol.